The van der Waals surface area contributed by atoms with Gasteiger partial charge in [0.15, 0.2) is 0 Å². The Labute approximate surface area is 129 Å². The maximum absolute atomic E-state index is 6.10. The quantitative estimate of drug-likeness (QED) is 0.857. The van der Waals surface area contributed by atoms with Gasteiger partial charge in [0, 0.05) is 5.02 Å². The van der Waals surface area contributed by atoms with E-state index in [4.69, 9.17) is 27.9 Å². The van der Waals surface area contributed by atoms with Gasteiger partial charge in [-0.2, -0.15) is 0 Å². The molecule has 20 heavy (non-hydrogen) atoms. The van der Waals surface area contributed by atoms with Gasteiger partial charge in [-0.15, -0.1) is 0 Å². The number of nitrogens with one attached hydrogen (secondary N) is 1. The van der Waals surface area contributed by atoms with Crippen LogP contribution < -0.4 is 10.1 Å². The lowest BCUT2D eigenvalue weighted by molar-refractivity contribution is 0.305. The van der Waals surface area contributed by atoms with Crippen molar-refractivity contribution in [2.45, 2.75) is 13.0 Å². The van der Waals surface area contributed by atoms with Crippen LogP contribution in [0.1, 0.15) is 11.1 Å². The average Bonchev–Trinajstić information content (AvgIpc) is 2.45. The van der Waals surface area contributed by atoms with Gasteiger partial charge >= 0.3 is 0 Å². The summed E-state index contributed by atoms with van der Waals surface area (Å²) in [5.74, 6) is 0.652. The van der Waals surface area contributed by atoms with Crippen LogP contribution in [0.15, 0.2) is 42.5 Å². The molecule has 2 aromatic rings. The van der Waals surface area contributed by atoms with Crippen molar-refractivity contribution < 1.29 is 4.74 Å². The van der Waals surface area contributed by atoms with Crippen LogP contribution in [0, 0.1) is 0 Å². The summed E-state index contributed by atoms with van der Waals surface area (Å²) in [6.45, 7) is 1.44. The summed E-state index contributed by atoms with van der Waals surface area (Å²) in [5, 5.41) is 4.30. The predicted octanol–water partition coefficient (Wildman–Crippen LogP) is 4.33. The fourth-order valence-corrected chi connectivity index (χ4v) is 2.41. The molecular weight excluding hydrogens is 293 g/mol. The van der Waals surface area contributed by atoms with E-state index in [-0.39, 0.29) is 0 Å². The number of rotatable bonds is 6. The van der Waals surface area contributed by atoms with E-state index in [1.54, 1.807) is 18.2 Å². The number of hydrogen-bond acceptors (Lipinski definition) is 2. The molecule has 106 valence electrons. The Kier molecular flexibility index (Phi) is 5.72. The summed E-state index contributed by atoms with van der Waals surface area (Å²) in [5.41, 5.74) is 2.46. The molecule has 0 amide bonds. The van der Waals surface area contributed by atoms with Crippen LogP contribution in [-0.4, -0.2) is 13.6 Å². The molecule has 0 spiro atoms. The topological polar surface area (TPSA) is 21.3 Å². The highest BCUT2D eigenvalue weighted by atomic mass is 35.5. The third-order valence-corrected chi connectivity index (χ3v) is 3.57. The maximum Gasteiger partial charge on any atom is 0.138 e. The van der Waals surface area contributed by atoms with E-state index in [2.05, 4.69) is 17.4 Å². The van der Waals surface area contributed by atoms with Gasteiger partial charge in [-0.1, -0.05) is 47.5 Å². The summed E-state index contributed by atoms with van der Waals surface area (Å²) in [4.78, 5) is 0. The van der Waals surface area contributed by atoms with Crippen molar-refractivity contribution in [3.8, 4) is 5.75 Å². The average molecular weight is 310 g/mol. The van der Waals surface area contributed by atoms with E-state index in [9.17, 15) is 0 Å². The zero-order chi connectivity index (χ0) is 14.4. The van der Waals surface area contributed by atoms with Crippen molar-refractivity contribution >= 4 is 23.2 Å². The minimum atomic E-state index is 0.501. The van der Waals surface area contributed by atoms with Crippen LogP contribution in [-0.2, 0) is 13.0 Å². The first-order valence-corrected chi connectivity index (χ1v) is 7.25. The molecule has 0 saturated heterocycles. The van der Waals surface area contributed by atoms with Crippen LogP contribution in [0.25, 0.3) is 0 Å². The SMILES string of the molecule is CNCCc1ccccc1COc1ccc(Cl)cc1Cl. The molecule has 0 aromatic heterocycles. The third-order valence-electron chi connectivity index (χ3n) is 3.04. The Hall–Kier alpha value is -1.22. The maximum atomic E-state index is 6.10. The molecular formula is C16H17Cl2NO. The molecule has 0 saturated carbocycles. The Balaban J connectivity index is 2.06. The number of hydrogen-bond donors (Lipinski definition) is 1. The minimum Gasteiger partial charge on any atom is -0.487 e. The van der Waals surface area contributed by atoms with Gasteiger partial charge in [0.05, 0.1) is 5.02 Å². The molecule has 4 heteroatoms. The summed E-state index contributed by atoms with van der Waals surface area (Å²) >= 11 is 12.0. The molecule has 0 aliphatic rings. The number of benzene rings is 2. The standard InChI is InChI=1S/C16H17Cl2NO/c1-19-9-8-12-4-2-3-5-13(12)11-20-16-7-6-14(17)10-15(16)18/h2-7,10,19H,8-9,11H2,1H3. The number of ether oxygens (including phenoxy) is 1. The highest BCUT2D eigenvalue weighted by molar-refractivity contribution is 6.35. The third kappa shape index (κ3) is 4.14. The first kappa shape index (κ1) is 15.2. The molecule has 2 rings (SSSR count). The van der Waals surface area contributed by atoms with Crippen LogP contribution >= 0.6 is 23.2 Å². The fraction of sp³-hybridized carbons (Fsp3) is 0.250. The molecule has 0 aliphatic heterocycles. The summed E-state index contributed by atoms with van der Waals surface area (Å²) in [6.07, 6.45) is 0.977. The highest BCUT2D eigenvalue weighted by Crippen LogP contribution is 2.28. The van der Waals surface area contributed by atoms with Gasteiger partial charge in [-0.05, 0) is 49.3 Å². The largest absolute Gasteiger partial charge is 0.487 e. The molecule has 0 bridgehead atoms. The van der Waals surface area contributed by atoms with Crippen molar-refractivity contribution in [3.05, 3.63) is 63.6 Å². The van der Waals surface area contributed by atoms with E-state index in [1.165, 1.54) is 11.1 Å². The minimum absolute atomic E-state index is 0.501. The Morgan fingerprint density at radius 1 is 1.05 bits per heavy atom. The zero-order valence-corrected chi connectivity index (χ0v) is 12.8. The second-order valence-corrected chi connectivity index (χ2v) is 5.33. The molecule has 0 heterocycles. The molecule has 1 N–H and O–H groups in total. The lowest BCUT2D eigenvalue weighted by atomic mass is 10.1. The molecule has 0 unspecified atom stereocenters. The molecule has 0 aliphatic carbocycles. The van der Waals surface area contributed by atoms with E-state index < -0.39 is 0 Å². The summed E-state index contributed by atoms with van der Waals surface area (Å²) in [7, 11) is 1.95. The van der Waals surface area contributed by atoms with E-state index in [0.29, 0.717) is 22.4 Å². The molecule has 2 nitrogen and oxygen atoms in total. The van der Waals surface area contributed by atoms with Crippen molar-refractivity contribution in [1.82, 2.24) is 5.32 Å². The van der Waals surface area contributed by atoms with Crippen molar-refractivity contribution in [3.63, 3.8) is 0 Å². The van der Waals surface area contributed by atoms with Gasteiger partial charge in [-0.3, -0.25) is 0 Å². The van der Waals surface area contributed by atoms with Crippen LogP contribution in [0.5, 0.6) is 5.75 Å². The first-order valence-electron chi connectivity index (χ1n) is 6.50. The van der Waals surface area contributed by atoms with Crippen LogP contribution in [0.4, 0.5) is 0 Å². The van der Waals surface area contributed by atoms with E-state index in [0.717, 1.165) is 13.0 Å². The summed E-state index contributed by atoms with van der Waals surface area (Å²) in [6, 6.07) is 13.5. The molecule has 2 aromatic carbocycles. The monoisotopic (exact) mass is 309 g/mol. The van der Waals surface area contributed by atoms with Crippen LogP contribution in [0.3, 0.4) is 0 Å². The van der Waals surface area contributed by atoms with Crippen molar-refractivity contribution in [1.29, 1.82) is 0 Å². The first-order chi connectivity index (χ1) is 9.70. The highest BCUT2D eigenvalue weighted by Gasteiger charge is 2.05. The number of likely N-dealkylation sites (N-methyl/N-ethyl adjacent to an activating group) is 1. The summed E-state index contributed by atoms with van der Waals surface area (Å²) < 4.78 is 5.79. The van der Waals surface area contributed by atoms with E-state index >= 15 is 0 Å². The predicted molar refractivity (Wildman–Crippen MR) is 84.9 cm³/mol. The van der Waals surface area contributed by atoms with Crippen molar-refractivity contribution in [2.75, 3.05) is 13.6 Å². The van der Waals surface area contributed by atoms with Gasteiger partial charge in [0.2, 0.25) is 0 Å². The smallest absolute Gasteiger partial charge is 0.138 e. The van der Waals surface area contributed by atoms with Gasteiger partial charge in [-0.25, -0.2) is 0 Å². The van der Waals surface area contributed by atoms with Gasteiger partial charge in [0.25, 0.3) is 0 Å². The molecule has 0 fully saturated rings. The fourth-order valence-electron chi connectivity index (χ4n) is 1.95. The molecule has 0 radical (unpaired) electrons. The Bertz CT molecular complexity index is 572. The lowest BCUT2D eigenvalue weighted by Gasteiger charge is -2.12. The van der Waals surface area contributed by atoms with Gasteiger partial charge < -0.3 is 10.1 Å². The van der Waals surface area contributed by atoms with Crippen LogP contribution in [0.2, 0.25) is 10.0 Å². The Morgan fingerprint density at radius 2 is 1.80 bits per heavy atom. The second-order valence-electron chi connectivity index (χ2n) is 4.49. The zero-order valence-electron chi connectivity index (χ0n) is 11.3. The normalized spacial score (nSPS) is 10.6. The number of halogens is 2. The van der Waals surface area contributed by atoms with Gasteiger partial charge in [0.1, 0.15) is 12.4 Å². The lowest BCUT2D eigenvalue weighted by Crippen LogP contribution is -2.12. The van der Waals surface area contributed by atoms with E-state index in [1.807, 2.05) is 19.2 Å². The van der Waals surface area contributed by atoms with Crippen molar-refractivity contribution in [2.24, 2.45) is 0 Å². The Morgan fingerprint density at radius 3 is 2.50 bits per heavy atom. The molecule has 0 atom stereocenters. The second kappa shape index (κ2) is 7.53.